The molecule has 2 aromatic carbocycles. The molecule has 0 spiro atoms. The molecule has 0 saturated carbocycles. The van der Waals surface area contributed by atoms with Gasteiger partial charge in [-0.1, -0.05) is 38.1 Å². The van der Waals surface area contributed by atoms with Gasteiger partial charge in [0.05, 0.1) is 19.2 Å². The van der Waals surface area contributed by atoms with Gasteiger partial charge in [-0.3, -0.25) is 4.79 Å². The molecule has 7 heteroatoms. The predicted octanol–water partition coefficient (Wildman–Crippen LogP) is 6.41. The lowest BCUT2D eigenvalue weighted by molar-refractivity contribution is -0.141. The van der Waals surface area contributed by atoms with E-state index in [0.717, 1.165) is 46.4 Å². The van der Waals surface area contributed by atoms with Gasteiger partial charge in [0.1, 0.15) is 17.7 Å². The molecule has 4 rings (SSSR count). The Morgan fingerprint density at radius 2 is 1.89 bits per heavy atom. The van der Waals surface area contributed by atoms with Gasteiger partial charge in [0, 0.05) is 17.7 Å². The van der Waals surface area contributed by atoms with Crippen molar-refractivity contribution in [1.82, 2.24) is 9.88 Å². The number of halogens is 1. The summed E-state index contributed by atoms with van der Waals surface area (Å²) in [6.45, 7) is 5.75. The van der Waals surface area contributed by atoms with Gasteiger partial charge in [0.2, 0.25) is 5.88 Å². The SMILES string of the molecule is COc1cc(-c2ccc(C3CCc4ccc([C@H](C)[C@H](C)C(=O)O)cc4O3)cc2[C@@H](C)N(C)C)c(F)cn1. The van der Waals surface area contributed by atoms with Gasteiger partial charge in [0.25, 0.3) is 0 Å². The molecule has 0 radical (unpaired) electrons. The third kappa shape index (κ3) is 5.47. The lowest BCUT2D eigenvalue weighted by Crippen LogP contribution is -2.20. The van der Waals surface area contributed by atoms with Crippen molar-refractivity contribution in [3.63, 3.8) is 0 Å². The molecule has 4 atom stereocenters. The number of hydrogen-bond donors (Lipinski definition) is 1. The molecule has 1 aliphatic heterocycles. The summed E-state index contributed by atoms with van der Waals surface area (Å²) in [5, 5.41) is 9.44. The second-order valence-electron chi connectivity index (χ2n) is 10.1. The van der Waals surface area contributed by atoms with Crippen LogP contribution in [0.3, 0.4) is 0 Å². The molecule has 3 aromatic rings. The van der Waals surface area contributed by atoms with Crippen LogP contribution < -0.4 is 9.47 Å². The van der Waals surface area contributed by atoms with Crippen molar-refractivity contribution in [3.05, 3.63) is 76.7 Å². The molecule has 37 heavy (non-hydrogen) atoms. The molecule has 6 nitrogen and oxygen atoms in total. The van der Waals surface area contributed by atoms with E-state index in [9.17, 15) is 14.3 Å². The third-order valence-corrected chi connectivity index (χ3v) is 7.70. The molecule has 196 valence electrons. The Kier molecular flexibility index (Phi) is 7.83. The van der Waals surface area contributed by atoms with Crippen LogP contribution in [0.25, 0.3) is 11.1 Å². The third-order valence-electron chi connectivity index (χ3n) is 7.70. The Hall–Kier alpha value is -3.45. The zero-order chi connectivity index (χ0) is 26.9. The quantitative estimate of drug-likeness (QED) is 0.381. The van der Waals surface area contributed by atoms with E-state index >= 15 is 0 Å². The summed E-state index contributed by atoms with van der Waals surface area (Å²) in [4.78, 5) is 17.6. The average molecular weight is 507 g/mol. The van der Waals surface area contributed by atoms with Crippen molar-refractivity contribution in [2.75, 3.05) is 21.2 Å². The number of aliphatic carboxylic acids is 1. The standard InChI is InChI=1S/C30H35FN2O4/c1-17(18(2)30(34)35)21-8-7-20-10-12-27(37-28(20)14-21)22-9-11-23(24(13-22)19(3)33(4)5)25-15-29(36-6)32-16-26(25)31/h7-9,11,13-19,27H,10,12H2,1-6H3,(H,34,35)/t17-,18+,19-,27?/m1/s1. The van der Waals surface area contributed by atoms with Crippen molar-refractivity contribution in [2.24, 2.45) is 5.92 Å². The molecule has 0 fully saturated rings. The summed E-state index contributed by atoms with van der Waals surface area (Å²) < 4.78 is 26.6. The van der Waals surface area contributed by atoms with Crippen LogP contribution in [0.15, 0.2) is 48.7 Å². The van der Waals surface area contributed by atoms with Gasteiger partial charge >= 0.3 is 5.97 Å². The highest BCUT2D eigenvalue weighted by molar-refractivity contribution is 5.71. The Labute approximate surface area is 218 Å². The second kappa shape index (κ2) is 10.9. The molecule has 0 saturated heterocycles. The van der Waals surface area contributed by atoms with E-state index in [0.29, 0.717) is 11.4 Å². The number of benzene rings is 2. The van der Waals surface area contributed by atoms with Crippen LogP contribution in [-0.4, -0.2) is 42.2 Å². The van der Waals surface area contributed by atoms with E-state index in [1.165, 1.54) is 13.3 Å². The lowest BCUT2D eigenvalue weighted by atomic mass is 9.86. The summed E-state index contributed by atoms with van der Waals surface area (Å²) in [7, 11) is 5.51. The summed E-state index contributed by atoms with van der Waals surface area (Å²) >= 11 is 0. The first kappa shape index (κ1) is 26.6. The first-order chi connectivity index (χ1) is 17.6. The number of carboxylic acid groups (broad SMARTS) is 1. The van der Waals surface area contributed by atoms with Crippen LogP contribution in [-0.2, 0) is 11.2 Å². The number of ether oxygens (including phenoxy) is 2. The van der Waals surface area contributed by atoms with E-state index in [4.69, 9.17) is 9.47 Å². The van der Waals surface area contributed by atoms with Gasteiger partial charge in [-0.05, 0) is 79.7 Å². The molecule has 1 unspecified atom stereocenters. The first-order valence-corrected chi connectivity index (χ1v) is 12.6. The number of carbonyl (C=O) groups is 1. The largest absolute Gasteiger partial charge is 0.485 e. The topological polar surface area (TPSA) is 71.9 Å². The number of pyridine rings is 1. The van der Waals surface area contributed by atoms with E-state index < -0.39 is 17.7 Å². The zero-order valence-electron chi connectivity index (χ0n) is 22.3. The number of nitrogens with zero attached hydrogens (tertiary/aromatic N) is 2. The van der Waals surface area contributed by atoms with Crippen molar-refractivity contribution >= 4 is 5.97 Å². The Morgan fingerprint density at radius 3 is 2.57 bits per heavy atom. The summed E-state index contributed by atoms with van der Waals surface area (Å²) in [5.41, 5.74) is 5.33. The highest BCUT2D eigenvalue weighted by Crippen LogP contribution is 2.40. The number of hydrogen-bond acceptors (Lipinski definition) is 5. The van der Waals surface area contributed by atoms with Crippen LogP contribution >= 0.6 is 0 Å². The van der Waals surface area contributed by atoms with Crippen LogP contribution in [0.4, 0.5) is 4.39 Å². The summed E-state index contributed by atoms with van der Waals surface area (Å²) in [6, 6.07) is 13.8. The lowest BCUT2D eigenvalue weighted by Gasteiger charge is -2.30. The normalized spacial score (nSPS) is 17.5. The maximum absolute atomic E-state index is 14.9. The first-order valence-electron chi connectivity index (χ1n) is 12.6. The second-order valence-corrected chi connectivity index (χ2v) is 10.1. The highest BCUT2D eigenvalue weighted by atomic mass is 19.1. The Morgan fingerprint density at radius 1 is 1.14 bits per heavy atom. The van der Waals surface area contributed by atoms with E-state index in [-0.39, 0.29) is 18.1 Å². The molecular formula is C30H35FN2O4. The summed E-state index contributed by atoms with van der Waals surface area (Å²) in [5.74, 6) is -0.679. The van der Waals surface area contributed by atoms with Crippen LogP contribution in [0.2, 0.25) is 0 Å². The zero-order valence-corrected chi connectivity index (χ0v) is 22.3. The van der Waals surface area contributed by atoms with E-state index in [1.54, 1.807) is 13.0 Å². The fourth-order valence-electron chi connectivity index (χ4n) is 4.79. The van der Waals surface area contributed by atoms with Gasteiger partial charge < -0.3 is 19.5 Å². The number of fused-ring (bicyclic) bond motifs is 1. The molecule has 0 amide bonds. The number of rotatable bonds is 8. The average Bonchev–Trinajstić information content (AvgIpc) is 2.91. The van der Waals surface area contributed by atoms with E-state index in [2.05, 4.69) is 22.9 Å². The highest BCUT2D eigenvalue weighted by Gasteiger charge is 2.27. The molecular weight excluding hydrogens is 471 g/mol. The Bertz CT molecular complexity index is 1290. The predicted molar refractivity (Wildman–Crippen MR) is 142 cm³/mol. The van der Waals surface area contributed by atoms with Crippen molar-refractivity contribution < 1.29 is 23.8 Å². The van der Waals surface area contributed by atoms with Crippen molar-refractivity contribution in [2.45, 2.75) is 51.7 Å². The van der Waals surface area contributed by atoms with Gasteiger partial charge in [0.15, 0.2) is 0 Å². The van der Waals surface area contributed by atoms with Crippen molar-refractivity contribution in [3.8, 4) is 22.8 Å². The molecule has 2 heterocycles. The molecule has 1 N–H and O–H groups in total. The number of carboxylic acids is 1. The van der Waals surface area contributed by atoms with Gasteiger partial charge in [-0.15, -0.1) is 0 Å². The molecule has 1 aliphatic rings. The maximum atomic E-state index is 14.9. The maximum Gasteiger partial charge on any atom is 0.306 e. The van der Waals surface area contributed by atoms with E-state index in [1.807, 2.05) is 51.4 Å². The van der Waals surface area contributed by atoms with Crippen LogP contribution in [0, 0.1) is 11.7 Å². The summed E-state index contributed by atoms with van der Waals surface area (Å²) in [6.07, 6.45) is 2.71. The minimum absolute atomic E-state index is 0.0225. The molecule has 1 aromatic heterocycles. The minimum atomic E-state index is -0.810. The smallest absolute Gasteiger partial charge is 0.306 e. The Balaban J connectivity index is 1.70. The van der Waals surface area contributed by atoms with Gasteiger partial charge in [-0.2, -0.15) is 0 Å². The molecule has 0 aliphatic carbocycles. The van der Waals surface area contributed by atoms with Crippen molar-refractivity contribution in [1.29, 1.82) is 0 Å². The number of aromatic nitrogens is 1. The monoisotopic (exact) mass is 506 g/mol. The number of aryl methyl sites for hydroxylation is 1. The molecule has 0 bridgehead atoms. The van der Waals surface area contributed by atoms with Gasteiger partial charge in [-0.25, -0.2) is 9.37 Å². The van der Waals surface area contributed by atoms with Crippen LogP contribution in [0.1, 0.15) is 67.5 Å². The number of methoxy groups -OCH3 is 1. The fraction of sp³-hybridized carbons (Fsp3) is 0.400. The van der Waals surface area contributed by atoms with Crippen LogP contribution in [0.5, 0.6) is 11.6 Å². The fourth-order valence-corrected chi connectivity index (χ4v) is 4.79. The minimum Gasteiger partial charge on any atom is -0.485 e.